The van der Waals surface area contributed by atoms with E-state index in [4.69, 9.17) is 18.6 Å². The van der Waals surface area contributed by atoms with Crippen LogP contribution in [0.4, 0.5) is 5.69 Å². The van der Waals surface area contributed by atoms with Gasteiger partial charge in [0.2, 0.25) is 17.1 Å². The van der Waals surface area contributed by atoms with Gasteiger partial charge in [-0.1, -0.05) is 6.07 Å². The standard InChI is InChI=1S/C26H28N2O6/c1-15(29)28-20-9-7-16-12-23(31-2)25(32-3)26(33-4)24(16)18-8-10-21(22(30)13-19(18)20)27-14-17-6-5-11-34-17/h5-6,8,10-13,20H,7,9,14H2,1-4H3,(H,27,30)(H,28,29). The molecule has 1 unspecified atom stereocenters. The molecule has 0 spiro atoms. The molecule has 2 N–H and O–H groups in total. The van der Waals surface area contributed by atoms with Crippen molar-refractivity contribution in [3.05, 3.63) is 69.8 Å². The summed E-state index contributed by atoms with van der Waals surface area (Å²) in [5.74, 6) is 2.10. The molecule has 0 radical (unpaired) electrons. The first kappa shape index (κ1) is 23.2. The quantitative estimate of drug-likeness (QED) is 0.544. The molecule has 0 saturated carbocycles. The molecule has 8 heteroatoms. The van der Waals surface area contributed by atoms with E-state index >= 15 is 0 Å². The number of carbonyl (C=O) groups is 1. The Bertz CT molecular complexity index is 1250. The predicted octanol–water partition coefficient (Wildman–Crippen LogP) is 4.07. The van der Waals surface area contributed by atoms with Crippen molar-refractivity contribution >= 4 is 11.6 Å². The average Bonchev–Trinajstić information content (AvgIpc) is 3.24. The number of carbonyl (C=O) groups excluding carboxylic acids is 1. The number of methoxy groups -OCH3 is 3. The van der Waals surface area contributed by atoms with E-state index in [2.05, 4.69) is 10.6 Å². The van der Waals surface area contributed by atoms with Crippen LogP contribution in [0.1, 0.15) is 36.3 Å². The Balaban J connectivity index is 1.93. The van der Waals surface area contributed by atoms with Crippen molar-refractivity contribution in [2.45, 2.75) is 32.4 Å². The summed E-state index contributed by atoms with van der Waals surface area (Å²) in [6.45, 7) is 1.85. The first-order chi connectivity index (χ1) is 16.5. The van der Waals surface area contributed by atoms with Crippen LogP contribution in [0, 0.1) is 0 Å². The van der Waals surface area contributed by atoms with Gasteiger partial charge in [0, 0.05) is 12.5 Å². The number of benzene rings is 1. The van der Waals surface area contributed by atoms with Crippen molar-refractivity contribution in [3.8, 4) is 28.4 Å². The number of furan rings is 1. The first-order valence-corrected chi connectivity index (χ1v) is 11.0. The number of rotatable bonds is 7. The normalized spacial score (nSPS) is 14.3. The van der Waals surface area contributed by atoms with Gasteiger partial charge in [-0.05, 0) is 59.9 Å². The van der Waals surface area contributed by atoms with Gasteiger partial charge in [-0.2, -0.15) is 0 Å². The summed E-state index contributed by atoms with van der Waals surface area (Å²) >= 11 is 0. The maximum atomic E-state index is 13.2. The molecule has 1 aliphatic carbocycles. The van der Waals surface area contributed by atoms with Gasteiger partial charge in [-0.15, -0.1) is 0 Å². The van der Waals surface area contributed by atoms with Crippen LogP contribution >= 0.6 is 0 Å². The second-order valence-electron chi connectivity index (χ2n) is 8.03. The lowest BCUT2D eigenvalue weighted by Crippen LogP contribution is -2.26. The number of anilines is 1. The molecular formula is C26H28N2O6. The van der Waals surface area contributed by atoms with Gasteiger partial charge in [0.25, 0.3) is 0 Å². The van der Waals surface area contributed by atoms with Gasteiger partial charge in [0.1, 0.15) is 5.76 Å². The molecule has 4 rings (SSSR count). The summed E-state index contributed by atoms with van der Waals surface area (Å²) in [7, 11) is 4.71. The number of fused-ring (bicyclic) bond motifs is 3. The second-order valence-corrected chi connectivity index (χ2v) is 8.03. The first-order valence-electron chi connectivity index (χ1n) is 11.0. The molecule has 8 nitrogen and oxygen atoms in total. The lowest BCUT2D eigenvalue weighted by atomic mass is 9.95. The zero-order valence-corrected chi connectivity index (χ0v) is 19.7. The fraction of sp³-hybridized carbons (Fsp3) is 0.308. The molecule has 1 heterocycles. The summed E-state index contributed by atoms with van der Waals surface area (Å²) in [6.07, 6.45) is 2.84. The van der Waals surface area contributed by atoms with Gasteiger partial charge in [-0.25, -0.2) is 0 Å². The third-order valence-corrected chi connectivity index (χ3v) is 5.95. The van der Waals surface area contributed by atoms with Crippen LogP contribution in [-0.4, -0.2) is 27.2 Å². The zero-order chi connectivity index (χ0) is 24.2. The fourth-order valence-corrected chi connectivity index (χ4v) is 4.45. The minimum atomic E-state index is -0.348. The number of hydrogen-bond donors (Lipinski definition) is 2. The molecule has 1 aliphatic rings. The number of amides is 1. The van der Waals surface area contributed by atoms with Crippen LogP contribution in [0.25, 0.3) is 11.1 Å². The smallest absolute Gasteiger partial charge is 0.217 e. The van der Waals surface area contributed by atoms with E-state index < -0.39 is 0 Å². The lowest BCUT2D eigenvalue weighted by Gasteiger charge is -2.19. The lowest BCUT2D eigenvalue weighted by molar-refractivity contribution is -0.119. The van der Waals surface area contributed by atoms with E-state index in [1.165, 1.54) is 6.92 Å². The highest BCUT2D eigenvalue weighted by Crippen LogP contribution is 2.50. The van der Waals surface area contributed by atoms with Crippen LogP contribution in [-0.2, 0) is 17.8 Å². The van der Waals surface area contributed by atoms with Crippen molar-refractivity contribution in [2.24, 2.45) is 0 Å². The molecule has 0 aliphatic heterocycles. The average molecular weight is 465 g/mol. The van der Waals surface area contributed by atoms with Crippen LogP contribution in [0.2, 0.25) is 0 Å². The van der Waals surface area contributed by atoms with Gasteiger partial charge >= 0.3 is 0 Å². The van der Waals surface area contributed by atoms with Crippen LogP contribution in [0.5, 0.6) is 17.2 Å². The summed E-state index contributed by atoms with van der Waals surface area (Å²) in [5, 5.41) is 6.16. The molecule has 1 amide bonds. The molecule has 0 fully saturated rings. The third-order valence-electron chi connectivity index (χ3n) is 5.95. The van der Waals surface area contributed by atoms with E-state index in [1.54, 1.807) is 45.8 Å². The number of hydrogen-bond acceptors (Lipinski definition) is 7. The van der Waals surface area contributed by atoms with E-state index in [0.29, 0.717) is 48.1 Å². The van der Waals surface area contributed by atoms with Crippen molar-refractivity contribution < 1.29 is 23.4 Å². The zero-order valence-electron chi connectivity index (χ0n) is 19.7. The summed E-state index contributed by atoms with van der Waals surface area (Å²) in [4.78, 5) is 25.2. The highest BCUT2D eigenvalue weighted by Gasteiger charge is 2.29. The third kappa shape index (κ3) is 4.44. The molecule has 0 bridgehead atoms. The Morgan fingerprint density at radius 1 is 1.09 bits per heavy atom. The minimum Gasteiger partial charge on any atom is -0.493 e. The molecule has 178 valence electrons. The van der Waals surface area contributed by atoms with Crippen molar-refractivity contribution in [2.75, 3.05) is 26.6 Å². The van der Waals surface area contributed by atoms with E-state index in [9.17, 15) is 9.59 Å². The maximum Gasteiger partial charge on any atom is 0.217 e. The number of nitrogens with one attached hydrogen (secondary N) is 2. The second kappa shape index (κ2) is 9.91. The van der Waals surface area contributed by atoms with Gasteiger partial charge in [0.05, 0.1) is 45.9 Å². The Labute approximate surface area is 197 Å². The van der Waals surface area contributed by atoms with Crippen LogP contribution in [0.15, 0.2) is 51.9 Å². The minimum absolute atomic E-state index is 0.167. The summed E-state index contributed by atoms with van der Waals surface area (Å²) in [6, 6.07) is 10.4. The number of ether oxygens (including phenoxy) is 3. The predicted molar refractivity (Wildman–Crippen MR) is 129 cm³/mol. The Kier molecular flexibility index (Phi) is 6.77. The number of aryl methyl sites for hydroxylation is 1. The summed E-state index contributed by atoms with van der Waals surface area (Å²) in [5.41, 5.74) is 3.53. The molecular weight excluding hydrogens is 436 g/mol. The SMILES string of the molecule is COc1cc2c(c(OC)c1OC)-c1ccc(NCc3ccco3)c(=O)cc1C(NC(C)=O)CC2. The molecule has 3 aromatic rings. The van der Waals surface area contributed by atoms with Crippen molar-refractivity contribution in [3.63, 3.8) is 0 Å². The van der Waals surface area contributed by atoms with E-state index in [0.717, 1.165) is 22.3 Å². The van der Waals surface area contributed by atoms with Gasteiger partial charge in [0.15, 0.2) is 11.5 Å². The van der Waals surface area contributed by atoms with Crippen molar-refractivity contribution in [1.29, 1.82) is 0 Å². The molecule has 1 aromatic heterocycles. The summed E-state index contributed by atoms with van der Waals surface area (Å²) < 4.78 is 22.3. The van der Waals surface area contributed by atoms with Crippen molar-refractivity contribution in [1.82, 2.24) is 5.32 Å². The highest BCUT2D eigenvalue weighted by molar-refractivity contribution is 5.83. The Morgan fingerprint density at radius 2 is 1.88 bits per heavy atom. The van der Waals surface area contributed by atoms with Gasteiger partial charge in [-0.3, -0.25) is 9.59 Å². The molecule has 34 heavy (non-hydrogen) atoms. The van der Waals surface area contributed by atoms with E-state index in [-0.39, 0.29) is 17.4 Å². The van der Waals surface area contributed by atoms with Crippen LogP contribution < -0.4 is 30.3 Å². The largest absolute Gasteiger partial charge is 0.493 e. The van der Waals surface area contributed by atoms with Crippen LogP contribution in [0.3, 0.4) is 0 Å². The topological polar surface area (TPSA) is 99.0 Å². The highest BCUT2D eigenvalue weighted by atomic mass is 16.5. The Morgan fingerprint density at radius 3 is 2.53 bits per heavy atom. The van der Waals surface area contributed by atoms with E-state index in [1.807, 2.05) is 18.2 Å². The van der Waals surface area contributed by atoms with Gasteiger partial charge < -0.3 is 29.3 Å². The maximum absolute atomic E-state index is 13.2. The molecule has 1 atom stereocenters. The molecule has 2 aromatic carbocycles. The monoisotopic (exact) mass is 464 g/mol. The molecule has 0 saturated heterocycles. The Hall–Kier alpha value is -3.94. The fourth-order valence-electron chi connectivity index (χ4n) is 4.45.